The first-order valence-electron chi connectivity index (χ1n) is 28.9. The molecule has 0 radical (unpaired) electrons. The topological polar surface area (TPSA) is 126 Å². The fourth-order valence-corrected chi connectivity index (χ4v) is 13.3. The summed E-state index contributed by atoms with van der Waals surface area (Å²) in [7, 11) is 0. The molecule has 0 fully saturated rings. The van der Waals surface area contributed by atoms with Crippen molar-refractivity contribution in [3.05, 3.63) is 330 Å². The lowest BCUT2D eigenvalue weighted by atomic mass is 9.76. The van der Waals surface area contributed by atoms with Crippen LogP contribution in [0.5, 0.6) is 0 Å². The summed E-state index contributed by atoms with van der Waals surface area (Å²) in [6.45, 7) is 9.19. The summed E-state index contributed by atoms with van der Waals surface area (Å²) < 4.78 is 0. The summed E-state index contributed by atoms with van der Waals surface area (Å²) in [5, 5.41) is 0. The first kappa shape index (κ1) is 50.3. The molecule has 24 rings (SSSR count). The Morgan fingerprint density at radius 2 is 0.369 bits per heavy atom. The molecule has 0 atom stereocenters. The van der Waals surface area contributed by atoms with Crippen LogP contribution < -0.4 is 0 Å². The maximum absolute atomic E-state index is 3.87. The van der Waals surface area contributed by atoms with Crippen LogP contribution in [-0.2, 0) is 47.3 Å². The van der Waals surface area contributed by atoms with Gasteiger partial charge in [0.15, 0.2) is 0 Å². The fraction of sp³-hybridized carbons (Fsp3) is 0.158. The quantitative estimate of drug-likeness (QED) is 0.0689. The van der Waals surface area contributed by atoms with Crippen molar-refractivity contribution < 1.29 is 0 Å². The smallest absolute Gasteiger partial charge is 0.0723 e. The van der Waals surface area contributed by atoms with Crippen molar-refractivity contribution in [2.75, 3.05) is 0 Å². The van der Waals surface area contributed by atoms with E-state index in [1.807, 2.05) is 0 Å². The Hall–Kier alpha value is -10.6. The first-order valence-corrected chi connectivity index (χ1v) is 28.9. The van der Waals surface area contributed by atoms with E-state index in [-0.39, 0.29) is 0 Å². The number of H-pyrrole nitrogens is 8. The van der Waals surface area contributed by atoms with Crippen LogP contribution in [0.25, 0.3) is 0 Å². The Morgan fingerprint density at radius 1 is 0.214 bits per heavy atom. The lowest BCUT2D eigenvalue weighted by Gasteiger charge is -2.29. The highest BCUT2D eigenvalue weighted by molar-refractivity contribution is 5.56. The van der Waals surface area contributed by atoms with E-state index in [0.717, 1.165) is 136 Å². The van der Waals surface area contributed by atoms with Gasteiger partial charge in [-0.1, -0.05) is 72.2 Å². The second-order valence-electron chi connectivity index (χ2n) is 23.7. The molecule has 8 heteroatoms. The highest BCUT2D eigenvalue weighted by atomic mass is 14.9. The Balaban J connectivity index is 0.836. The van der Waals surface area contributed by atoms with Gasteiger partial charge in [0.05, 0.1) is 21.7 Å². The van der Waals surface area contributed by atoms with Gasteiger partial charge in [0.1, 0.15) is 0 Å². The third-order valence-electron chi connectivity index (χ3n) is 18.6. The summed E-state index contributed by atoms with van der Waals surface area (Å²) in [4.78, 5) is 31.0. The molecule has 12 aliphatic heterocycles. The zero-order chi connectivity index (χ0) is 56.6. The van der Waals surface area contributed by atoms with Crippen molar-refractivity contribution >= 4 is 0 Å². The molecule has 8 nitrogen and oxygen atoms in total. The van der Waals surface area contributed by atoms with Crippen LogP contribution in [0.3, 0.4) is 0 Å². The van der Waals surface area contributed by atoms with E-state index in [2.05, 4.69) is 309 Å². The molecule has 8 N–H and O–H groups in total. The Bertz CT molecular complexity index is 3970. The number of benzene rings is 4. The minimum atomic E-state index is -0.523. The molecule has 0 aliphatic carbocycles. The minimum Gasteiger partial charge on any atom is -0.361 e. The predicted molar refractivity (Wildman–Crippen MR) is 333 cm³/mol. The first-order chi connectivity index (χ1) is 41.0. The zero-order valence-corrected chi connectivity index (χ0v) is 47.3. The largest absolute Gasteiger partial charge is 0.361 e. The second kappa shape index (κ2) is 19.5. The number of aromatic nitrogens is 8. The van der Waals surface area contributed by atoms with Crippen molar-refractivity contribution in [3.63, 3.8) is 0 Å². The summed E-state index contributed by atoms with van der Waals surface area (Å²) in [6, 6.07) is 70.1. The average Bonchev–Trinajstić information content (AvgIpc) is 4.30. The molecule has 0 spiro atoms. The minimum absolute atomic E-state index is 0.523. The van der Waals surface area contributed by atoms with Gasteiger partial charge in [-0.2, -0.15) is 0 Å². The molecule has 12 aromatic rings. The van der Waals surface area contributed by atoms with Gasteiger partial charge in [-0.15, -0.1) is 0 Å². The molecule has 20 heterocycles. The second-order valence-corrected chi connectivity index (χ2v) is 23.7. The van der Waals surface area contributed by atoms with Gasteiger partial charge in [-0.25, -0.2) is 0 Å². The third-order valence-corrected chi connectivity index (χ3v) is 18.6. The van der Waals surface area contributed by atoms with Crippen molar-refractivity contribution in [2.24, 2.45) is 0 Å². The van der Waals surface area contributed by atoms with Crippen molar-refractivity contribution in [2.45, 2.75) is 75.0 Å². The van der Waals surface area contributed by atoms with E-state index in [1.54, 1.807) is 0 Å². The van der Waals surface area contributed by atoms with E-state index in [1.165, 1.54) is 0 Å². The molecule has 0 unspecified atom stereocenters. The van der Waals surface area contributed by atoms with Crippen LogP contribution in [0, 0.1) is 47.4 Å². The maximum Gasteiger partial charge on any atom is 0.0723 e. The van der Waals surface area contributed by atoms with Gasteiger partial charge < -0.3 is 39.9 Å². The van der Waals surface area contributed by atoms with Gasteiger partial charge in [-0.3, -0.25) is 0 Å². The van der Waals surface area contributed by atoms with Crippen LogP contribution in [0.2, 0.25) is 0 Å². The lowest BCUT2D eigenvalue weighted by Crippen LogP contribution is -2.27. The van der Waals surface area contributed by atoms with Gasteiger partial charge in [0.25, 0.3) is 0 Å². The van der Waals surface area contributed by atoms with Crippen LogP contribution >= 0.6 is 0 Å². The molecule has 0 saturated carbocycles. The van der Waals surface area contributed by atoms with Gasteiger partial charge >= 0.3 is 0 Å². The van der Waals surface area contributed by atoms with E-state index >= 15 is 0 Å². The van der Waals surface area contributed by atoms with Gasteiger partial charge in [-0.05, 0) is 219 Å². The molecule has 8 aromatic heterocycles. The van der Waals surface area contributed by atoms with Crippen molar-refractivity contribution in [1.29, 1.82) is 0 Å². The highest BCUT2D eigenvalue weighted by Gasteiger charge is 2.39. The number of rotatable bonds is 0. The molecule has 84 heavy (non-hydrogen) atoms. The lowest BCUT2D eigenvalue weighted by molar-refractivity contribution is 0.640. The summed E-state index contributed by atoms with van der Waals surface area (Å²) in [5.74, 6) is 26.0. The maximum atomic E-state index is 3.87. The Labute approximate surface area is 489 Å². The average molecular weight is 1090 g/mol. The molecule has 0 amide bonds. The van der Waals surface area contributed by atoms with Gasteiger partial charge in [0.2, 0.25) is 0 Å². The number of nitrogens with one attached hydrogen (secondary N) is 8. The Morgan fingerprint density at radius 3 is 0.524 bits per heavy atom. The van der Waals surface area contributed by atoms with E-state index in [0.29, 0.717) is 25.7 Å². The van der Waals surface area contributed by atoms with Crippen LogP contribution in [0.1, 0.15) is 163 Å². The highest BCUT2D eigenvalue weighted by Crippen LogP contribution is 2.44. The normalized spacial score (nSPS) is 20.1. The van der Waals surface area contributed by atoms with Crippen molar-refractivity contribution in [3.8, 4) is 47.4 Å². The molecule has 0 saturated heterocycles. The molecular weight excluding hydrogens is 1020 g/mol. The van der Waals surface area contributed by atoms with E-state index in [4.69, 9.17) is 0 Å². The fourth-order valence-electron chi connectivity index (χ4n) is 13.3. The predicted octanol–water partition coefficient (Wildman–Crippen LogP) is 13.8. The summed E-state index contributed by atoms with van der Waals surface area (Å²) in [5.41, 5.74) is 23.9. The van der Waals surface area contributed by atoms with Crippen LogP contribution in [0.4, 0.5) is 0 Å². The standard InChI is InChI=1S/C76H60N8/c1-73-53-21-13-49(14-22-53)9-5-6-10-50-15-25-55(26-16-50)75(3)69-41-33-61(81-69)47-63-35-43-71(83-63)76(4,72-44-36-64(84-72)48-62-34-42-70(75)82-62)56-27-19-52(20-28-56)12-8-7-11-51-17-23-54(24-18-51)74(2,67-39-31-59(79-67)45-57-29-37-65(73)77-57)68-40-32-60(80-68)46-58-30-38-66(73)78-58/h13-44,77-84H,45-48H2,1-4H3. The molecule has 404 valence electrons. The van der Waals surface area contributed by atoms with E-state index in [9.17, 15) is 0 Å². The summed E-state index contributed by atoms with van der Waals surface area (Å²) in [6.07, 6.45) is 2.84. The molecule has 4 aromatic carbocycles. The molecule has 12 aliphatic rings. The third kappa shape index (κ3) is 8.54. The van der Waals surface area contributed by atoms with Crippen LogP contribution in [0.15, 0.2) is 194 Å². The zero-order valence-electron chi connectivity index (χ0n) is 47.3. The van der Waals surface area contributed by atoms with Gasteiger partial charge in [0, 0.05) is 139 Å². The molecule has 28 bridgehead atoms. The van der Waals surface area contributed by atoms with Crippen LogP contribution in [-0.4, -0.2) is 39.9 Å². The number of aromatic amines is 8. The molecular formula is C76H60N8. The SMILES string of the molecule is CC12c3ccc(cc3)C#CC#Cc3ccc(cc3)C3(C)c4ccc([nH]4)Cc4ccc([nH]4)C(C)(c4ccc(cc4)C#CC#Cc4ccc(cc4)C(C)(c4ccc([nH]4)Cc4ccc1[nH]4)c1ccc([nH]1)Cc1ccc2[nH]1)c1ccc([nH]1)Cc1ccc3[nH]1. The number of hydrogen-bond donors (Lipinski definition) is 8. The Kier molecular flexibility index (Phi) is 11.7. The summed E-state index contributed by atoms with van der Waals surface area (Å²) >= 11 is 0. The number of hydrogen-bond acceptors (Lipinski definition) is 0. The van der Waals surface area contributed by atoms with E-state index < -0.39 is 21.7 Å². The monoisotopic (exact) mass is 1080 g/mol. The van der Waals surface area contributed by atoms with Crippen molar-refractivity contribution in [1.82, 2.24) is 39.9 Å².